The van der Waals surface area contributed by atoms with Crippen molar-refractivity contribution in [3.05, 3.63) is 34.3 Å². The molecule has 2 atom stereocenters. The largest absolute Gasteiger partial charge is 0.316 e. The molecule has 0 spiro atoms. The first-order valence-electron chi connectivity index (χ1n) is 7.15. The molecule has 2 nitrogen and oxygen atoms in total. The molecular formula is C16H23BrN2. The van der Waals surface area contributed by atoms with E-state index in [1.165, 1.54) is 29.5 Å². The number of fused-ring (bicyclic) bond motifs is 2. The standard InChI is InChI=1S/C16H23BrN2/c1-15-8-16(2,10-18-9-15)12-19(11-15)7-13-5-3-4-6-14(13)17/h3-6,18H,7-12H2,1-2H3/t15-,16-/m0/s1. The van der Waals surface area contributed by atoms with Gasteiger partial charge in [0.1, 0.15) is 0 Å². The topological polar surface area (TPSA) is 15.3 Å². The van der Waals surface area contributed by atoms with Crippen molar-refractivity contribution >= 4 is 15.9 Å². The molecule has 104 valence electrons. The lowest BCUT2D eigenvalue weighted by molar-refractivity contribution is -0.0237. The van der Waals surface area contributed by atoms with Crippen molar-refractivity contribution in [3.63, 3.8) is 0 Å². The Morgan fingerprint density at radius 1 is 1.16 bits per heavy atom. The second kappa shape index (κ2) is 4.87. The Hall–Kier alpha value is -0.380. The molecule has 2 aliphatic heterocycles. The summed E-state index contributed by atoms with van der Waals surface area (Å²) in [5.41, 5.74) is 2.28. The summed E-state index contributed by atoms with van der Waals surface area (Å²) in [5.74, 6) is 0. The summed E-state index contributed by atoms with van der Waals surface area (Å²) < 4.78 is 1.24. The number of piperidine rings is 2. The highest BCUT2D eigenvalue weighted by Gasteiger charge is 2.45. The molecule has 0 saturated carbocycles. The molecule has 0 radical (unpaired) electrons. The maximum Gasteiger partial charge on any atom is 0.0245 e. The van der Waals surface area contributed by atoms with E-state index in [0.717, 1.165) is 19.6 Å². The van der Waals surface area contributed by atoms with E-state index in [-0.39, 0.29) is 0 Å². The van der Waals surface area contributed by atoms with E-state index in [4.69, 9.17) is 0 Å². The first-order valence-corrected chi connectivity index (χ1v) is 7.94. The van der Waals surface area contributed by atoms with Crippen molar-refractivity contribution in [2.75, 3.05) is 26.2 Å². The predicted molar refractivity (Wildman–Crippen MR) is 83.1 cm³/mol. The van der Waals surface area contributed by atoms with Gasteiger partial charge in [-0.25, -0.2) is 0 Å². The van der Waals surface area contributed by atoms with E-state index in [9.17, 15) is 0 Å². The Labute approximate surface area is 124 Å². The second-order valence-corrected chi connectivity index (χ2v) is 7.99. The number of nitrogens with one attached hydrogen (secondary N) is 1. The molecule has 2 heterocycles. The van der Waals surface area contributed by atoms with Crippen LogP contribution in [0.25, 0.3) is 0 Å². The van der Waals surface area contributed by atoms with Crippen molar-refractivity contribution in [2.45, 2.75) is 26.8 Å². The quantitative estimate of drug-likeness (QED) is 0.899. The molecule has 1 N–H and O–H groups in total. The third-order valence-corrected chi connectivity index (χ3v) is 5.29. The summed E-state index contributed by atoms with van der Waals surface area (Å²) in [7, 11) is 0. The fourth-order valence-corrected chi connectivity index (χ4v) is 4.57. The van der Waals surface area contributed by atoms with Crippen molar-refractivity contribution in [1.29, 1.82) is 0 Å². The van der Waals surface area contributed by atoms with Crippen LogP contribution in [0, 0.1) is 10.8 Å². The Morgan fingerprint density at radius 2 is 1.79 bits per heavy atom. The Balaban J connectivity index is 1.77. The lowest BCUT2D eigenvalue weighted by Crippen LogP contribution is -2.60. The number of likely N-dealkylation sites (tertiary alicyclic amines) is 1. The second-order valence-electron chi connectivity index (χ2n) is 7.14. The van der Waals surface area contributed by atoms with Crippen LogP contribution in [-0.4, -0.2) is 31.1 Å². The molecule has 3 rings (SSSR count). The van der Waals surface area contributed by atoms with Crippen LogP contribution in [0.1, 0.15) is 25.8 Å². The minimum atomic E-state index is 0.437. The summed E-state index contributed by atoms with van der Waals surface area (Å²) >= 11 is 3.67. The van der Waals surface area contributed by atoms with Crippen molar-refractivity contribution in [2.24, 2.45) is 10.8 Å². The van der Waals surface area contributed by atoms with Crippen LogP contribution in [-0.2, 0) is 6.54 Å². The van der Waals surface area contributed by atoms with Gasteiger partial charge in [0.15, 0.2) is 0 Å². The Kier molecular flexibility index (Phi) is 3.48. The molecule has 19 heavy (non-hydrogen) atoms. The van der Waals surface area contributed by atoms with Crippen molar-refractivity contribution in [3.8, 4) is 0 Å². The maximum atomic E-state index is 3.67. The molecule has 1 aromatic rings. The number of rotatable bonds is 2. The number of benzene rings is 1. The summed E-state index contributed by atoms with van der Waals surface area (Å²) in [6, 6.07) is 8.60. The monoisotopic (exact) mass is 322 g/mol. The van der Waals surface area contributed by atoms with Gasteiger partial charge in [0.25, 0.3) is 0 Å². The third-order valence-electron chi connectivity index (χ3n) is 4.52. The molecule has 3 heteroatoms. The number of nitrogens with zero attached hydrogens (tertiary/aromatic N) is 1. The predicted octanol–water partition coefficient (Wildman–Crippen LogP) is 3.27. The molecule has 1 aromatic carbocycles. The van der Waals surface area contributed by atoms with E-state index in [1.54, 1.807) is 0 Å². The molecule has 2 saturated heterocycles. The first kappa shape index (κ1) is 13.6. The fourth-order valence-electron chi connectivity index (χ4n) is 4.16. The number of hydrogen-bond acceptors (Lipinski definition) is 2. The summed E-state index contributed by atoms with van der Waals surface area (Å²) in [6.07, 6.45) is 1.36. The lowest BCUT2D eigenvalue weighted by Gasteiger charge is -2.54. The average Bonchev–Trinajstić information content (AvgIpc) is 2.29. The highest BCUT2D eigenvalue weighted by atomic mass is 79.9. The van der Waals surface area contributed by atoms with E-state index in [2.05, 4.69) is 64.3 Å². The number of hydrogen-bond donors (Lipinski definition) is 1. The van der Waals surface area contributed by atoms with Crippen LogP contribution in [0.15, 0.2) is 28.7 Å². The molecular weight excluding hydrogens is 300 g/mol. The Morgan fingerprint density at radius 3 is 2.42 bits per heavy atom. The summed E-state index contributed by atoms with van der Waals surface area (Å²) in [4.78, 5) is 2.64. The lowest BCUT2D eigenvalue weighted by atomic mass is 9.66. The molecule has 0 unspecified atom stereocenters. The highest BCUT2D eigenvalue weighted by molar-refractivity contribution is 9.10. The van der Waals surface area contributed by atoms with Gasteiger partial charge in [0.2, 0.25) is 0 Å². The van der Waals surface area contributed by atoms with E-state index in [1.807, 2.05) is 0 Å². The van der Waals surface area contributed by atoms with Gasteiger partial charge in [0, 0.05) is 37.2 Å². The zero-order chi connectivity index (χ0) is 13.5. The average molecular weight is 323 g/mol. The zero-order valence-corrected chi connectivity index (χ0v) is 13.5. The SMILES string of the molecule is C[C@]12CNC[C@@](C)(CN(Cc3ccccc3Br)C1)C2. The molecule has 0 aromatic heterocycles. The molecule has 2 aliphatic rings. The molecule has 2 fully saturated rings. The van der Waals surface area contributed by atoms with Gasteiger partial charge in [-0.15, -0.1) is 0 Å². The van der Waals surface area contributed by atoms with E-state index >= 15 is 0 Å². The van der Waals surface area contributed by atoms with Gasteiger partial charge in [-0.3, -0.25) is 4.90 Å². The maximum absolute atomic E-state index is 3.67. The zero-order valence-electron chi connectivity index (χ0n) is 11.9. The van der Waals surface area contributed by atoms with Gasteiger partial charge in [-0.2, -0.15) is 0 Å². The number of halogens is 1. The van der Waals surface area contributed by atoms with Gasteiger partial charge < -0.3 is 5.32 Å². The van der Waals surface area contributed by atoms with Crippen LogP contribution in [0.2, 0.25) is 0 Å². The minimum absolute atomic E-state index is 0.437. The minimum Gasteiger partial charge on any atom is -0.316 e. The molecule has 2 bridgehead atoms. The smallest absolute Gasteiger partial charge is 0.0245 e. The Bertz CT molecular complexity index is 458. The normalized spacial score (nSPS) is 35.3. The van der Waals surface area contributed by atoms with Gasteiger partial charge in [0.05, 0.1) is 0 Å². The fraction of sp³-hybridized carbons (Fsp3) is 0.625. The first-order chi connectivity index (χ1) is 8.98. The summed E-state index contributed by atoms with van der Waals surface area (Å²) in [5, 5.41) is 3.63. The van der Waals surface area contributed by atoms with Gasteiger partial charge in [-0.1, -0.05) is 48.0 Å². The van der Waals surface area contributed by atoms with Crippen molar-refractivity contribution < 1.29 is 0 Å². The highest BCUT2D eigenvalue weighted by Crippen LogP contribution is 2.43. The summed E-state index contributed by atoms with van der Waals surface area (Å²) in [6.45, 7) is 10.7. The van der Waals surface area contributed by atoms with Crippen LogP contribution < -0.4 is 5.32 Å². The van der Waals surface area contributed by atoms with E-state index < -0.39 is 0 Å². The van der Waals surface area contributed by atoms with Crippen LogP contribution in [0.3, 0.4) is 0 Å². The van der Waals surface area contributed by atoms with Crippen LogP contribution >= 0.6 is 15.9 Å². The van der Waals surface area contributed by atoms with E-state index in [0.29, 0.717) is 10.8 Å². The van der Waals surface area contributed by atoms with Crippen LogP contribution in [0.4, 0.5) is 0 Å². The third kappa shape index (κ3) is 2.88. The molecule has 0 aliphatic carbocycles. The van der Waals surface area contributed by atoms with Gasteiger partial charge >= 0.3 is 0 Å². The van der Waals surface area contributed by atoms with Gasteiger partial charge in [-0.05, 0) is 28.9 Å². The van der Waals surface area contributed by atoms with Crippen LogP contribution in [0.5, 0.6) is 0 Å². The molecule has 0 amide bonds. The van der Waals surface area contributed by atoms with Crippen molar-refractivity contribution in [1.82, 2.24) is 10.2 Å².